The summed E-state index contributed by atoms with van der Waals surface area (Å²) in [5, 5.41) is 3.69. The molecule has 2 saturated heterocycles. The van der Waals surface area contributed by atoms with E-state index >= 15 is 0 Å². The van der Waals surface area contributed by atoms with Gasteiger partial charge in [-0.05, 0) is 19.3 Å². The summed E-state index contributed by atoms with van der Waals surface area (Å²) in [6.45, 7) is 6.38. The Balaban J connectivity index is 1.63. The predicted octanol–water partition coefficient (Wildman–Crippen LogP) is 1.11. The van der Waals surface area contributed by atoms with Crippen LogP contribution in [0.2, 0.25) is 0 Å². The molecule has 2 aliphatic heterocycles. The van der Waals surface area contributed by atoms with Gasteiger partial charge in [0.25, 0.3) is 0 Å². The largest absolute Gasteiger partial charge is 0.376 e. The van der Waals surface area contributed by atoms with E-state index in [2.05, 4.69) is 17.1 Å². The molecule has 2 aliphatic rings. The number of thioether (sulfide) groups is 1. The molecule has 2 fully saturated rings. The topological polar surface area (TPSA) is 41.6 Å². The lowest BCUT2D eigenvalue weighted by Gasteiger charge is -2.31. The molecule has 0 aromatic heterocycles. The second-order valence-electron chi connectivity index (χ2n) is 5.08. The van der Waals surface area contributed by atoms with E-state index < -0.39 is 0 Å². The fourth-order valence-corrected chi connectivity index (χ4v) is 3.71. The number of carbonyl (C=O) groups is 1. The van der Waals surface area contributed by atoms with Crippen molar-refractivity contribution < 1.29 is 9.53 Å². The lowest BCUT2D eigenvalue weighted by atomic mass is 10.2. The number of rotatable bonds is 5. The molecule has 1 N–H and O–H groups in total. The molecule has 104 valence electrons. The van der Waals surface area contributed by atoms with Crippen molar-refractivity contribution in [2.75, 3.05) is 38.5 Å². The number of hydrogen-bond acceptors (Lipinski definition) is 4. The second kappa shape index (κ2) is 7.36. The number of ether oxygens (including phenoxy) is 1. The summed E-state index contributed by atoms with van der Waals surface area (Å²) in [7, 11) is 0. The zero-order chi connectivity index (χ0) is 12.8. The van der Waals surface area contributed by atoms with Crippen LogP contribution in [0, 0.1) is 0 Å². The summed E-state index contributed by atoms with van der Waals surface area (Å²) in [4.78, 5) is 14.1. The lowest BCUT2D eigenvalue weighted by Crippen LogP contribution is -2.45. The smallest absolute Gasteiger partial charge is 0.234 e. The molecule has 18 heavy (non-hydrogen) atoms. The van der Waals surface area contributed by atoms with Gasteiger partial charge in [0.05, 0.1) is 12.6 Å². The molecule has 4 nitrogen and oxygen atoms in total. The standard InChI is InChI=1S/C13H24N2O2S/c1-2-12-9-15(5-7-18-12)10-13(16)14-8-11-4-3-6-17-11/h11-12H,2-10H2,1H3,(H,14,16)/t11-,12-/m1/s1. The monoisotopic (exact) mass is 272 g/mol. The maximum atomic E-state index is 11.8. The third kappa shape index (κ3) is 4.44. The first-order valence-electron chi connectivity index (χ1n) is 7.00. The quantitative estimate of drug-likeness (QED) is 0.814. The number of amides is 1. The third-order valence-corrected chi connectivity index (χ3v) is 4.97. The molecule has 0 aromatic carbocycles. The number of hydrogen-bond donors (Lipinski definition) is 1. The van der Waals surface area contributed by atoms with E-state index in [0.717, 1.165) is 38.3 Å². The van der Waals surface area contributed by atoms with Gasteiger partial charge in [0.2, 0.25) is 5.91 Å². The first kappa shape index (κ1) is 14.2. The van der Waals surface area contributed by atoms with Crippen LogP contribution in [0.25, 0.3) is 0 Å². The highest BCUT2D eigenvalue weighted by Crippen LogP contribution is 2.20. The van der Waals surface area contributed by atoms with Gasteiger partial charge in [-0.25, -0.2) is 0 Å². The minimum Gasteiger partial charge on any atom is -0.376 e. The van der Waals surface area contributed by atoms with Crippen molar-refractivity contribution in [1.29, 1.82) is 0 Å². The normalized spacial score (nSPS) is 29.4. The molecule has 2 heterocycles. The van der Waals surface area contributed by atoms with Crippen molar-refractivity contribution in [2.24, 2.45) is 0 Å². The van der Waals surface area contributed by atoms with Crippen molar-refractivity contribution >= 4 is 17.7 Å². The highest BCUT2D eigenvalue weighted by molar-refractivity contribution is 8.00. The van der Waals surface area contributed by atoms with E-state index in [4.69, 9.17) is 4.74 Å². The molecule has 0 bridgehead atoms. The van der Waals surface area contributed by atoms with Crippen LogP contribution in [0.4, 0.5) is 0 Å². The molecule has 0 radical (unpaired) electrons. The average Bonchev–Trinajstić information content (AvgIpc) is 2.90. The Bertz CT molecular complexity index is 270. The Morgan fingerprint density at radius 2 is 2.44 bits per heavy atom. The molecule has 0 aliphatic carbocycles. The van der Waals surface area contributed by atoms with Gasteiger partial charge in [-0.2, -0.15) is 11.8 Å². The van der Waals surface area contributed by atoms with Crippen molar-refractivity contribution in [1.82, 2.24) is 10.2 Å². The lowest BCUT2D eigenvalue weighted by molar-refractivity contribution is -0.122. The minimum atomic E-state index is 0.146. The zero-order valence-electron chi connectivity index (χ0n) is 11.2. The van der Waals surface area contributed by atoms with Crippen LogP contribution < -0.4 is 5.32 Å². The fourth-order valence-electron chi connectivity index (χ4n) is 2.46. The predicted molar refractivity (Wildman–Crippen MR) is 75.0 cm³/mol. The van der Waals surface area contributed by atoms with Gasteiger partial charge < -0.3 is 10.1 Å². The molecule has 1 amide bonds. The molecule has 2 atom stereocenters. The van der Waals surface area contributed by atoms with Gasteiger partial charge in [0, 0.05) is 37.2 Å². The van der Waals surface area contributed by atoms with Crippen LogP contribution in [0.3, 0.4) is 0 Å². The van der Waals surface area contributed by atoms with E-state index in [1.54, 1.807) is 0 Å². The number of nitrogens with zero attached hydrogens (tertiary/aromatic N) is 1. The summed E-state index contributed by atoms with van der Waals surface area (Å²) < 4.78 is 5.50. The van der Waals surface area contributed by atoms with E-state index in [-0.39, 0.29) is 12.0 Å². The molecule has 2 rings (SSSR count). The van der Waals surface area contributed by atoms with Crippen LogP contribution in [-0.4, -0.2) is 60.7 Å². The summed E-state index contributed by atoms with van der Waals surface area (Å²) in [5.41, 5.74) is 0. The van der Waals surface area contributed by atoms with Gasteiger partial charge >= 0.3 is 0 Å². The summed E-state index contributed by atoms with van der Waals surface area (Å²) in [6.07, 6.45) is 3.65. The highest BCUT2D eigenvalue weighted by atomic mass is 32.2. The Hall–Kier alpha value is -0.260. The summed E-state index contributed by atoms with van der Waals surface area (Å²) in [5.74, 6) is 1.30. The van der Waals surface area contributed by atoms with Gasteiger partial charge in [0.15, 0.2) is 0 Å². The van der Waals surface area contributed by atoms with Crippen molar-refractivity contribution in [3.05, 3.63) is 0 Å². The number of nitrogens with one attached hydrogen (secondary N) is 1. The van der Waals surface area contributed by atoms with Gasteiger partial charge in [-0.15, -0.1) is 0 Å². The van der Waals surface area contributed by atoms with Crippen LogP contribution in [0.15, 0.2) is 0 Å². The van der Waals surface area contributed by atoms with Crippen molar-refractivity contribution in [3.63, 3.8) is 0 Å². The van der Waals surface area contributed by atoms with E-state index in [1.807, 2.05) is 11.8 Å². The van der Waals surface area contributed by atoms with Crippen LogP contribution >= 0.6 is 11.8 Å². The molecular formula is C13H24N2O2S. The van der Waals surface area contributed by atoms with Gasteiger partial charge in [0.1, 0.15) is 0 Å². The molecule has 0 aromatic rings. The average molecular weight is 272 g/mol. The molecule has 0 unspecified atom stereocenters. The maximum Gasteiger partial charge on any atom is 0.234 e. The Kier molecular flexibility index (Phi) is 5.79. The zero-order valence-corrected chi connectivity index (χ0v) is 12.0. The van der Waals surface area contributed by atoms with E-state index in [9.17, 15) is 4.79 Å². The molecule has 0 spiro atoms. The fraction of sp³-hybridized carbons (Fsp3) is 0.923. The van der Waals surface area contributed by atoms with Crippen LogP contribution in [-0.2, 0) is 9.53 Å². The molecule has 5 heteroatoms. The Morgan fingerprint density at radius 3 is 3.17 bits per heavy atom. The summed E-state index contributed by atoms with van der Waals surface area (Å²) in [6, 6.07) is 0. The molecule has 0 saturated carbocycles. The van der Waals surface area contributed by atoms with E-state index in [1.165, 1.54) is 6.42 Å². The minimum absolute atomic E-state index is 0.146. The first-order chi connectivity index (χ1) is 8.78. The molecular weight excluding hydrogens is 248 g/mol. The highest BCUT2D eigenvalue weighted by Gasteiger charge is 2.21. The van der Waals surface area contributed by atoms with Gasteiger partial charge in [-0.1, -0.05) is 6.92 Å². The Labute approximate surface area is 114 Å². The maximum absolute atomic E-state index is 11.8. The van der Waals surface area contributed by atoms with Gasteiger partial charge in [-0.3, -0.25) is 9.69 Å². The Morgan fingerprint density at radius 1 is 1.56 bits per heavy atom. The van der Waals surface area contributed by atoms with Crippen LogP contribution in [0.1, 0.15) is 26.2 Å². The summed E-state index contributed by atoms with van der Waals surface area (Å²) >= 11 is 2.03. The SMILES string of the molecule is CC[C@@H]1CN(CC(=O)NC[C@H]2CCCO2)CCS1. The third-order valence-electron chi connectivity index (χ3n) is 3.60. The van der Waals surface area contributed by atoms with Crippen molar-refractivity contribution in [3.8, 4) is 0 Å². The first-order valence-corrected chi connectivity index (χ1v) is 8.05. The second-order valence-corrected chi connectivity index (χ2v) is 6.48. The number of carbonyl (C=O) groups excluding carboxylic acids is 1. The van der Waals surface area contributed by atoms with E-state index in [0.29, 0.717) is 18.3 Å². The van der Waals surface area contributed by atoms with Crippen molar-refractivity contribution in [2.45, 2.75) is 37.5 Å². The van der Waals surface area contributed by atoms with Crippen LogP contribution in [0.5, 0.6) is 0 Å².